The van der Waals surface area contributed by atoms with Crippen molar-refractivity contribution < 1.29 is 22.7 Å². The molecule has 0 radical (unpaired) electrons. The fourth-order valence-electron chi connectivity index (χ4n) is 2.14. The summed E-state index contributed by atoms with van der Waals surface area (Å²) in [5.41, 5.74) is -1.03. The Morgan fingerprint density at radius 2 is 1.90 bits per heavy atom. The van der Waals surface area contributed by atoms with Crippen LogP contribution in [-0.2, 0) is 15.7 Å². The number of hydrogen-bond donors (Lipinski definition) is 1. The second-order valence-electron chi connectivity index (χ2n) is 4.80. The van der Waals surface area contributed by atoms with E-state index >= 15 is 0 Å². The van der Waals surface area contributed by atoms with Crippen molar-refractivity contribution in [3.8, 4) is 0 Å². The number of morpholine rings is 1. The van der Waals surface area contributed by atoms with Gasteiger partial charge in [-0.25, -0.2) is 0 Å². The highest BCUT2D eigenvalue weighted by atomic mass is 19.4. The number of para-hydroxylation sites is 1. The first-order valence-corrected chi connectivity index (χ1v) is 6.73. The summed E-state index contributed by atoms with van der Waals surface area (Å²) in [7, 11) is 0. The molecule has 0 atom stereocenters. The highest BCUT2D eigenvalue weighted by Crippen LogP contribution is 2.34. The number of anilines is 1. The molecule has 1 aromatic carbocycles. The van der Waals surface area contributed by atoms with Crippen LogP contribution < -0.4 is 5.32 Å². The lowest BCUT2D eigenvalue weighted by atomic mass is 10.1. The van der Waals surface area contributed by atoms with Crippen molar-refractivity contribution in [2.45, 2.75) is 12.6 Å². The van der Waals surface area contributed by atoms with E-state index in [9.17, 15) is 18.0 Å². The molecule has 2 rings (SSSR count). The fraction of sp³-hybridized carbons (Fsp3) is 0.500. The molecule has 1 amide bonds. The van der Waals surface area contributed by atoms with Gasteiger partial charge in [-0.3, -0.25) is 9.69 Å². The predicted octanol–water partition coefficient (Wildman–Crippen LogP) is 2.37. The summed E-state index contributed by atoms with van der Waals surface area (Å²) in [6.45, 7) is 3.25. The van der Waals surface area contributed by atoms with Crippen molar-refractivity contribution in [1.82, 2.24) is 4.90 Å². The zero-order chi connectivity index (χ0) is 15.3. The van der Waals surface area contributed by atoms with Crippen LogP contribution in [0.3, 0.4) is 0 Å². The first-order chi connectivity index (χ1) is 9.97. The van der Waals surface area contributed by atoms with Gasteiger partial charge in [0.1, 0.15) is 0 Å². The van der Waals surface area contributed by atoms with Gasteiger partial charge in [-0.2, -0.15) is 13.2 Å². The first kappa shape index (κ1) is 15.8. The van der Waals surface area contributed by atoms with Gasteiger partial charge in [0.25, 0.3) is 0 Å². The quantitative estimate of drug-likeness (QED) is 0.928. The van der Waals surface area contributed by atoms with Crippen LogP contribution in [0.4, 0.5) is 18.9 Å². The lowest BCUT2D eigenvalue weighted by Gasteiger charge is -2.26. The van der Waals surface area contributed by atoms with Crippen LogP contribution >= 0.6 is 0 Å². The molecule has 0 unspecified atom stereocenters. The van der Waals surface area contributed by atoms with Gasteiger partial charge >= 0.3 is 6.18 Å². The molecule has 1 saturated heterocycles. The third-order valence-corrected chi connectivity index (χ3v) is 3.27. The van der Waals surface area contributed by atoms with E-state index in [2.05, 4.69) is 10.2 Å². The zero-order valence-corrected chi connectivity index (χ0v) is 11.4. The first-order valence-electron chi connectivity index (χ1n) is 6.73. The van der Waals surface area contributed by atoms with E-state index in [-0.39, 0.29) is 12.1 Å². The smallest absolute Gasteiger partial charge is 0.379 e. The Balaban J connectivity index is 1.90. The topological polar surface area (TPSA) is 41.6 Å². The molecule has 1 heterocycles. The Bertz CT molecular complexity index is 485. The number of nitrogens with zero attached hydrogens (tertiary/aromatic N) is 1. The summed E-state index contributed by atoms with van der Waals surface area (Å²) in [4.78, 5) is 13.9. The molecule has 21 heavy (non-hydrogen) atoms. The van der Waals surface area contributed by atoms with E-state index < -0.39 is 17.6 Å². The number of amides is 1. The Hall–Kier alpha value is -1.60. The predicted molar refractivity (Wildman–Crippen MR) is 71.9 cm³/mol. The minimum absolute atomic E-state index is 0.159. The van der Waals surface area contributed by atoms with E-state index in [4.69, 9.17) is 4.74 Å². The SMILES string of the molecule is O=C(CCN1CCOCC1)Nc1ccccc1C(F)(F)F. The third kappa shape index (κ3) is 4.71. The summed E-state index contributed by atoms with van der Waals surface area (Å²) in [6.07, 6.45) is -4.32. The summed E-state index contributed by atoms with van der Waals surface area (Å²) in [6, 6.07) is 4.98. The molecule has 7 heteroatoms. The second kappa shape index (κ2) is 6.91. The van der Waals surface area contributed by atoms with Crippen molar-refractivity contribution in [3.05, 3.63) is 29.8 Å². The minimum Gasteiger partial charge on any atom is -0.379 e. The normalized spacial score (nSPS) is 16.7. The third-order valence-electron chi connectivity index (χ3n) is 3.27. The summed E-state index contributed by atoms with van der Waals surface area (Å²) >= 11 is 0. The maximum atomic E-state index is 12.8. The number of nitrogens with one attached hydrogen (secondary N) is 1. The van der Waals surface area contributed by atoms with Crippen LogP contribution in [0.5, 0.6) is 0 Å². The fourth-order valence-corrected chi connectivity index (χ4v) is 2.14. The van der Waals surface area contributed by atoms with Crippen LogP contribution in [0, 0.1) is 0 Å². The Morgan fingerprint density at radius 3 is 2.57 bits per heavy atom. The largest absolute Gasteiger partial charge is 0.418 e. The van der Waals surface area contributed by atoms with Crippen molar-refractivity contribution in [2.75, 3.05) is 38.2 Å². The van der Waals surface area contributed by atoms with Crippen molar-refractivity contribution in [1.29, 1.82) is 0 Å². The van der Waals surface area contributed by atoms with E-state index in [1.165, 1.54) is 18.2 Å². The molecular formula is C14H17F3N2O2. The van der Waals surface area contributed by atoms with Crippen LogP contribution in [0.15, 0.2) is 24.3 Å². The van der Waals surface area contributed by atoms with Gasteiger partial charge < -0.3 is 10.1 Å². The van der Waals surface area contributed by atoms with Gasteiger partial charge in [-0.05, 0) is 12.1 Å². The molecule has 1 aliphatic heterocycles. The van der Waals surface area contributed by atoms with Crippen LogP contribution in [0.25, 0.3) is 0 Å². The highest BCUT2D eigenvalue weighted by molar-refractivity contribution is 5.91. The lowest BCUT2D eigenvalue weighted by Crippen LogP contribution is -2.38. The average Bonchev–Trinajstić information content (AvgIpc) is 2.46. The zero-order valence-electron chi connectivity index (χ0n) is 11.4. The number of ether oxygens (including phenoxy) is 1. The van der Waals surface area contributed by atoms with Gasteiger partial charge in [0.2, 0.25) is 5.91 Å². The Labute approximate surface area is 120 Å². The van der Waals surface area contributed by atoms with E-state index in [1.807, 2.05) is 0 Å². The Kier molecular flexibility index (Phi) is 5.19. The number of rotatable bonds is 4. The molecule has 1 aliphatic rings. The van der Waals surface area contributed by atoms with E-state index in [1.54, 1.807) is 0 Å². The van der Waals surface area contributed by atoms with E-state index in [0.717, 1.165) is 19.2 Å². The van der Waals surface area contributed by atoms with Crippen molar-refractivity contribution in [2.24, 2.45) is 0 Å². The van der Waals surface area contributed by atoms with Crippen LogP contribution in [0.1, 0.15) is 12.0 Å². The van der Waals surface area contributed by atoms with Crippen LogP contribution in [-0.4, -0.2) is 43.7 Å². The van der Waals surface area contributed by atoms with E-state index in [0.29, 0.717) is 19.8 Å². The maximum Gasteiger partial charge on any atom is 0.418 e. The molecule has 116 valence electrons. The summed E-state index contributed by atoms with van der Waals surface area (Å²) in [5.74, 6) is -0.418. The van der Waals surface area contributed by atoms with Gasteiger partial charge in [-0.15, -0.1) is 0 Å². The highest BCUT2D eigenvalue weighted by Gasteiger charge is 2.33. The number of benzene rings is 1. The molecule has 1 aromatic rings. The number of hydrogen-bond acceptors (Lipinski definition) is 3. The monoisotopic (exact) mass is 302 g/mol. The van der Waals surface area contributed by atoms with Gasteiger partial charge in [-0.1, -0.05) is 12.1 Å². The Morgan fingerprint density at radius 1 is 1.24 bits per heavy atom. The van der Waals surface area contributed by atoms with Gasteiger partial charge in [0, 0.05) is 26.1 Å². The molecule has 1 fully saturated rings. The number of carbonyl (C=O) groups excluding carboxylic acids is 1. The maximum absolute atomic E-state index is 12.8. The standard InChI is InChI=1S/C14H17F3N2O2/c15-14(16,17)11-3-1-2-4-12(11)18-13(20)5-6-19-7-9-21-10-8-19/h1-4H,5-10H2,(H,18,20). The molecular weight excluding hydrogens is 285 g/mol. The molecule has 0 spiro atoms. The van der Waals surface area contributed by atoms with Gasteiger partial charge in [0.15, 0.2) is 0 Å². The minimum atomic E-state index is -4.48. The van der Waals surface area contributed by atoms with Crippen LogP contribution in [0.2, 0.25) is 0 Å². The second-order valence-corrected chi connectivity index (χ2v) is 4.80. The summed E-state index contributed by atoms with van der Waals surface area (Å²) in [5, 5.41) is 2.34. The molecule has 0 bridgehead atoms. The van der Waals surface area contributed by atoms with Crippen molar-refractivity contribution >= 4 is 11.6 Å². The molecule has 0 aromatic heterocycles. The number of alkyl halides is 3. The average molecular weight is 302 g/mol. The van der Waals surface area contributed by atoms with Crippen molar-refractivity contribution in [3.63, 3.8) is 0 Å². The molecule has 0 saturated carbocycles. The molecule has 4 nitrogen and oxygen atoms in total. The summed E-state index contributed by atoms with van der Waals surface area (Å²) < 4.78 is 43.6. The number of halogens is 3. The lowest BCUT2D eigenvalue weighted by molar-refractivity contribution is -0.137. The molecule has 1 N–H and O–H groups in total. The molecule has 0 aliphatic carbocycles. The van der Waals surface area contributed by atoms with Gasteiger partial charge in [0.05, 0.1) is 24.5 Å². The number of carbonyl (C=O) groups is 1.